The molecule has 0 N–H and O–H groups in total. The third-order valence-electron chi connectivity index (χ3n) is 2.40. The Bertz CT molecular complexity index is 449. The number of methoxy groups -OCH3 is 1. The molecule has 0 spiro atoms. The van der Waals surface area contributed by atoms with Gasteiger partial charge in [0, 0.05) is 3.57 Å². The Hall–Kier alpha value is -1.09. The summed E-state index contributed by atoms with van der Waals surface area (Å²) >= 11 is 2.10. The van der Waals surface area contributed by atoms with Crippen molar-refractivity contribution in [1.82, 2.24) is 0 Å². The molecule has 0 atom stereocenters. The van der Waals surface area contributed by atoms with Gasteiger partial charge in [0.25, 0.3) is 0 Å². The van der Waals surface area contributed by atoms with E-state index < -0.39 is 0 Å². The Morgan fingerprint density at radius 2 is 2.25 bits per heavy atom. The van der Waals surface area contributed by atoms with Crippen LogP contribution in [0.2, 0.25) is 0 Å². The number of nitrogens with zero attached hydrogens (tertiary/aromatic N) is 1. The van der Waals surface area contributed by atoms with Crippen LogP contribution in [0.5, 0.6) is 0 Å². The SMILES string of the molecule is CCc1ccc(I)c(C#N)c1CC(=O)OC. The van der Waals surface area contributed by atoms with E-state index in [4.69, 9.17) is 5.26 Å². The van der Waals surface area contributed by atoms with Crippen molar-refractivity contribution >= 4 is 28.6 Å². The molecule has 0 saturated heterocycles. The van der Waals surface area contributed by atoms with Crippen LogP contribution in [0.25, 0.3) is 0 Å². The predicted molar refractivity (Wildman–Crippen MR) is 69.0 cm³/mol. The fourth-order valence-electron chi connectivity index (χ4n) is 1.53. The van der Waals surface area contributed by atoms with E-state index in [-0.39, 0.29) is 12.4 Å². The van der Waals surface area contributed by atoms with Crippen LogP contribution in [0.1, 0.15) is 23.6 Å². The topological polar surface area (TPSA) is 50.1 Å². The Kier molecular flexibility index (Phi) is 4.74. The minimum absolute atomic E-state index is 0.166. The second-order valence-electron chi connectivity index (χ2n) is 3.28. The second kappa shape index (κ2) is 5.85. The maximum atomic E-state index is 11.3. The zero-order valence-electron chi connectivity index (χ0n) is 9.21. The molecule has 84 valence electrons. The van der Waals surface area contributed by atoms with Crippen LogP contribution in [0.15, 0.2) is 12.1 Å². The van der Waals surface area contributed by atoms with Crippen molar-refractivity contribution in [1.29, 1.82) is 5.26 Å². The highest BCUT2D eigenvalue weighted by atomic mass is 127. The van der Waals surface area contributed by atoms with E-state index in [0.717, 1.165) is 21.1 Å². The van der Waals surface area contributed by atoms with Crippen molar-refractivity contribution in [3.63, 3.8) is 0 Å². The molecule has 0 aliphatic heterocycles. The number of halogens is 1. The zero-order chi connectivity index (χ0) is 12.1. The zero-order valence-corrected chi connectivity index (χ0v) is 11.4. The molecular weight excluding hydrogens is 317 g/mol. The first kappa shape index (κ1) is 13.0. The molecule has 1 rings (SSSR count). The quantitative estimate of drug-likeness (QED) is 0.632. The lowest BCUT2D eigenvalue weighted by atomic mass is 9.97. The van der Waals surface area contributed by atoms with Gasteiger partial charge in [0.15, 0.2) is 0 Å². The summed E-state index contributed by atoms with van der Waals surface area (Å²) in [5.41, 5.74) is 2.41. The first-order chi connectivity index (χ1) is 7.63. The molecule has 0 aliphatic rings. The number of rotatable bonds is 3. The van der Waals surface area contributed by atoms with Gasteiger partial charge in [0.1, 0.15) is 6.07 Å². The van der Waals surface area contributed by atoms with Crippen LogP contribution in [-0.2, 0) is 22.4 Å². The van der Waals surface area contributed by atoms with Crippen LogP contribution in [0.3, 0.4) is 0 Å². The van der Waals surface area contributed by atoms with Gasteiger partial charge in [-0.05, 0) is 46.2 Å². The molecule has 1 aromatic rings. The predicted octanol–water partition coefficient (Wildman–Crippen LogP) is 2.44. The monoisotopic (exact) mass is 329 g/mol. The molecule has 0 heterocycles. The standard InChI is InChI=1S/C12H12INO2/c1-3-8-4-5-11(13)10(7-14)9(8)6-12(15)16-2/h4-5H,3,6H2,1-2H3. The van der Waals surface area contributed by atoms with Gasteiger partial charge in [0.05, 0.1) is 19.1 Å². The third-order valence-corrected chi connectivity index (χ3v) is 3.30. The minimum atomic E-state index is -0.312. The average molecular weight is 329 g/mol. The van der Waals surface area contributed by atoms with E-state index in [1.807, 2.05) is 19.1 Å². The van der Waals surface area contributed by atoms with Crippen molar-refractivity contribution in [2.75, 3.05) is 7.11 Å². The molecule has 0 aromatic heterocycles. The lowest BCUT2D eigenvalue weighted by Crippen LogP contribution is -2.09. The largest absolute Gasteiger partial charge is 0.469 e. The van der Waals surface area contributed by atoms with Gasteiger partial charge in [0.2, 0.25) is 0 Å². The number of aryl methyl sites for hydroxylation is 1. The Morgan fingerprint density at radius 1 is 1.56 bits per heavy atom. The molecule has 0 unspecified atom stereocenters. The molecule has 4 heteroatoms. The molecule has 0 fully saturated rings. The van der Waals surface area contributed by atoms with E-state index in [1.165, 1.54) is 7.11 Å². The summed E-state index contributed by atoms with van der Waals surface area (Å²) in [5, 5.41) is 9.10. The smallest absolute Gasteiger partial charge is 0.310 e. The fourth-order valence-corrected chi connectivity index (χ4v) is 2.16. The molecule has 3 nitrogen and oxygen atoms in total. The number of hydrogen-bond acceptors (Lipinski definition) is 3. The number of benzene rings is 1. The van der Waals surface area contributed by atoms with E-state index in [9.17, 15) is 4.79 Å². The van der Waals surface area contributed by atoms with Gasteiger partial charge in [-0.3, -0.25) is 4.79 Å². The van der Waals surface area contributed by atoms with Crippen molar-refractivity contribution < 1.29 is 9.53 Å². The number of hydrogen-bond donors (Lipinski definition) is 0. The fraction of sp³-hybridized carbons (Fsp3) is 0.333. The van der Waals surface area contributed by atoms with Gasteiger partial charge in [-0.2, -0.15) is 5.26 Å². The normalized spacial score (nSPS) is 9.62. The highest BCUT2D eigenvalue weighted by molar-refractivity contribution is 14.1. The summed E-state index contributed by atoms with van der Waals surface area (Å²) in [5.74, 6) is -0.312. The van der Waals surface area contributed by atoms with Crippen molar-refractivity contribution in [2.24, 2.45) is 0 Å². The summed E-state index contributed by atoms with van der Waals surface area (Å²) < 4.78 is 5.51. The molecule has 0 saturated carbocycles. The van der Waals surface area contributed by atoms with Crippen LogP contribution < -0.4 is 0 Å². The van der Waals surface area contributed by atoms with Crippen molar-refractivity contribution in [3.05, 3.63) is 32.4 Å². The van der Waals surface area contributed by atoms with E-state index in [1.54, 1.807) is 0 Å². The second-order valence-corrected chi connectivity index (χ2v) is 4.44. The van der Waals surface area contributed by atoms with E-state index in [2.05, 4.69) is 33.4 Å². The molecular formula is C12H12INO2. The van der Waals surface area contributed by atoms with Crippen molar-refractivity contribution in [2.45, 2.75) is 19.8 Å². The van der Waals surface area contributed by atoms with Crippen LogP contribution in [0, 0.1) is 14.9 Å². The van der Waals surface area contributed by atoms with Gasteiger partial charge < -0.3 is 4.74 Å². The molecule has 16 heavy (non-hydrogen) atoms. The third kappa shape index (κ3) is 2.73. The number of carbonyl (C=O) groups is 1. The number of ether oxygens (including phenoxy) is 1. The summed E-state index contributed by atoms with van der Waals surface area (Å²) in [4.78, 5) is 11.3. The lowest BCUT2D eigenvalue weighted by molar-refractivity contribution is -0.139. The minimum Gasteiger partial charge on any atom is -0.469 e. The Morgan fingerprint density at radius 3 is 2.75 bits per heavy atom. The Labute approximate surface area is 109 Å². The first-order valence-electron chi connectivity index (χ1n) is 4.91. The van der Waals surface area contributed by atoms with E-state index >= 15 is 0 Å². The maximum absolute atomic E-state index is 11.3. The molecule has 0 bridgehead atoms. The molecule has 1 aromatic carbocycles. The van der Waals surface area contributed by atoms with E-state index in [0.29, 0.717) is 5.56 Å². The summed E-state index contributed by atoms with van der Waals surface area (Å²) in [7, 11) is 1.36. The molecule has 0 amide bonds. The maximum Gasteiger partial charge on any atom is 0.310 e. The Balaban J connectivity index is 3.26. The van der Waals surface area contributed by atoms with Crippen LogP contribution in [0.4, 0.5) is 0 Å². The molecule has 0 aliphatic carbocycles. The first-order valence-corrected chi connectivity index (χ1v) is 5.99. The van der Waals surface area contributed by atoms with Gasteiger partial charge >= 0.3 is 5.97 Å². The average Bonchev–Trinajstić information content (AvgIpc) is 2.29. The van der Waals surface area contributed by atoms with Crippen LogP contribution in [-0.4, -0.2) is 13.1 Å². The summed E-state index contributed by atoms with van der Waals surface area (Å²) in [6.07, 6.45) is 0.970. The lowest BCUT2D eigenvalue weighted by Gasteiger charge is -2.10. The summed E-state index contributed by atoms with van der Waals surface area (Å²) in [6.45, 7) is 2.00. The highest BCUT2D eigenvalue weighted by Gasteiger charge is 2.14. The molecule has 0 radical (unpaired) electrons. The van der Waals surface area contributed by atoms with Gasteiger partial charge in [-0.25, -0.2) is 0 Å². The number of nitriles is 1. The van der Waals surface area contributed by atoms with Gasteiger partial charge in [-0.1, -0.05) is 13.0 Å². The van der Waals surface area contributed by atoms with Gasteiger partial charge in [-0.15, -0.1) is 0 Å². The summed E-state index contributed by atoms with van der Waals surface area (Å²) in [6, 6.07) is 6.01. The number of carbonyl (C=O) groups excluding carboxylic acids is 1. The van der Waals surface area contributed by atoms with Crippen LogP contribution >= 0.6 is 22.6 Å². The highest BCUT2D eigenvalue weighted by Crippen LogP contribution is 2.21. The van der Waals surface area contributed by atoms with Crippen molar-refractivity contribution in [3.8, 4) is 6.07 Å². The number of esters is 1.